The van der Waals surface area contributed by atoms with E-state index in [0.29, 0.717) is 31.3 Å². The van der Waals surface area contributed by atoms with Crippen LogP contribution in [0.2, 0.25) is 0 Å². The summed E-state index contributed by atoms with van der Waals surface area (Å²) in [5, 5.41) is 0. The molecule has 2 aromatic rings. The zero-order chi connectivity index (χ0) is 14.9. The molecule has 0 amide bonds. The lowest BCUT2D eigenvalue weighted by molar-refractivity contribution is 0.00299. The molecule has 0 unspecified atom stereocenters. The lowest BCUT2D eigenvalue weighted by Crippen LogP contribution is -2.08. The molecule has 0 saturated carbocycles. The van der Waals surface area contributed by atoms with Crippen molar-refractivity contribution in [1.82, 2.24) is 0 Å². The molecule has 0 radical (unpaired) electrons. The van der Waals surface area contributed by atoms with E-state index in [1.54, 1.807) is 0 Å². The van der Waals surface area contributed by atoms with Crippen molar-refractivity contribution in [3.05, 3.63) is 59.7 Å². The molecule has 0 saturated heterocycles. The molecular weight excluding hydrogens is 266 g/mol. The number of hydrogen-bond donors (Lipinski definition) is 1. The number of hydrogen-bond acceptors (Lipinski definition) is 4. The molecular formula is C17H21NO3. The summed E-state index contributed by atoms with van der Waals surface area (Å²) in [5.74, 6) is 1.36. The highest BCUT2D eigenvalue weighted by Crippen LogP contribution is 2.31. The van der Waals surface area contributed by atoms with Gasteiger partial charge in [-0.2, -0.15) is 0 Å². The number of benzene rings is 2. The summed E-state index contributed by atoms with van der Waals surface area (Å²) in [4.78, 5) is 0. The van der Waals surface area contributed by atoms with Gasteiger partial charge < -0.3 is 19.9 Å². The van der Waals surface area contributed by atoms with Gasteiger partial charge in [-0.05, 0) is 18.6 Å². The maximum atomic E-state index is 5.73. The fraction of sp³-hybridized carbons (Fsp3) is 0.294. The highest BCUT2D eigenvalue weighted by atomic mass is 16.7. The van der Waals surface area contributed by atoms with Gasteiger partial charge in [0.25, 0.3) is 0 Å². The van der Waals surface area contributed by atoms with Gasteiger partial charge in [0.15, 0.2) is 18.3 Å². The first-order valence-corrected chi connectivity index (χ1v) is 7.04. The summed E-state index contributed by atoms with van der Waals surface area (Å²) >= 11 is 0. The lowest BCUT2D eigenvalue weighted by Gasteiger charge is -2.15. The Kier molecular flexibility index (Phi) is 6.06. The van der Waals surface area contributed by atoms with Gasteiger partial charge >= 0.3 is 0 Å². The topological polar surface area (TPSA) is 53.7 Å². The SMILES string of the molecule is CCOc1cccc(CN)c1OCOCc1ccccc1. The summed E-state index contributed by atoms with van der Waals surface area (Å²) < 4.78 is 16.8. The molecule has 0 fully saturated rings. The summed E-state index contributed by atoms with van der Waals surface area (Å²) in [6.07, 6.45) is 0. The van der Waals surface area contributed by atoms with Gasteiger partial charge in [-0.3, -0.25) is 0 Å². The van der Waals surface area contributed by atoms with E-state index < -0.39 is 0 Å². The molecule has 112 valence electrons. The van der Waals surface area contributed by atoms with E-state index in [9.17, 15) is 0 Å². The highest BCUT2D eigenvalue weighted by molar-refractivity contribution is 5.46. The first-order valence-electron chi connectivity index (χ1n) is 7.04. The lowest BCUT2D eigenvalue weighted by atomic mass is 10.2. The third-order valence-electron chi connectivity index (χ3n) is 2.98. The average Bonchev–Trinajstić information content (AvgIpc) is 2.53. The molecule has 2 aromatic carbocycles. The normalized spacial score (nSPS) is 10.4. The van der Waals surface area contributed by atoms with Gasteiger partial charge in [0.05, 0.1) is 13.2 Å². The Hall–Kier alpha value is -2.04. The van der Waals surface area contributed by atoms with Crippen molar-refractivity contribution >= 4 is 0 Å². The number of rotatable bonds is 8. The molecule has 0 heterocycles. The molecule has 0 aliphatic rings. The van der Waals surface area contributed by atoms with Crippen LogP contribution in [0.15, 0.2) is 48.5 Å². The fourth-order valence-electron chi connectivity index (χ4n) is 1.99. The predicted octanol–water partition coefficient (Wildman–Crippen LogP) is 3.10. The smallest absolute Gasteiger partial charge is 0.189 e. The van der Waals surface area contributed by atoms with Crippen LogP contribution in [0.3, 0.4) is 0 Å². The largest absolute Gasteiger partial charge is 0.490 e. The quantitative estimate of drug-likeness (QED) is 0.599. The molecule has 4 nitrogen and oxygen atoms in total. The van der Waals surface area contributed by atoms with Crippen LogP contribution < -0.4 is 15.2 Å². The molecule has 0 spiro atoms. The first kappa shape index (κ1) is 15.4. The van der Waals surface area contributed by atoms with E-state index in [-0.39, 0.29) is 6.79 Å². The number of ether oxygens (including phenoxy) is 3. The Labute approximate surface area is 125 Å². The zero-order valence-electron chi connectivity index (χ0n) is 12.2. The van der Waals surface area contributed by atoms with Crippen LogP contribution in [0.25, 0.3) is 0 Å². The van der Waals surface area contributed by atoms with Crippen LogP contribution in [0.1, 0.15) is 18.1 Å². The Bertz CT molecular complexity index is 543. The van der Waals surface area contributed by atoms with Crippen molar-refractivity contribution in [2.75, 3.05) is 13.4 Å². The Morgan fingerprint density at radius 3 is 2.48 bits per heavy atom. The second kappa shape index (κ2) is 8.29. The van der Waals surface area contributed by atoms with Crippen LogP contribution in [-0.4, -0.2) is 13.4 Å². The van der Waals surface area contributed by atoms with Gasteiger partial charge in [0, 0.05) is 12.1 Å². The minimum Gasteiger partial charge on any atom is -0.490 e. The van der Waals surface area contributed by atoms with E-state index in [0.717, 1.165) is 11.1 Å². The Balaban J connectivity index is 1.92. The van der Waals surface area contributed by atoms with Gasteiger partial charge in [0.2, 0.25) is 0 Å². The maximum Gasteiger partial charge on any atom is 0.189 e. The highest BCUT2D eigenvalue weighted by Gasteiger charge is 2.09. The van der Waals surface area contributed by atoms with Crippen LogP contribution in [0.4, 0.5) is 0 Å². The third kappa shape index (κ3) is 4.48. The summed E-state index contributed by atoms with van der Waals surface area (Å²) in [6, 6.07) is 15.7. The molecule has 0 aliphatic carbocycles. The van der Waals surface area contributed by atoms with Crippen LogP contribution in [0.5, 0.6) is 11.5 Å². The van der Waals surface area contributed by atoms with Crippen molar-refractivity contribution in [1.29, 1.82) is 0 Å². The minimum absolute atomic E-state index is 0.159. The molecule has 2 rings (SSSR count). The molecule has 0 atom stereocenters. The second-order valence-corrected chi connectivity index (χ2v) is 4.48. The van der Waals surface area contributed by atoms with Gasteiger partial charge in [-0.15, -0.1) is 0 Å². The average molecular weight is 287 g/mol. The maximum absolute atomic E-state index is 5.73. The van der Waals surface area contributed by atoms with Crippen LogP contribution in [0, 0.1) is 0 Å². The standard InChI is InChI=1S/C17H21NO3/c1-2-20-16-10-6-9-15(11-18)17(16)21-13-19-12-14-7-4-3-5-8-14/h3-10H,2,11-13,18H2,1H3. The van der Waals surface area contributed by atoms with Crippen LogP contribution in [-0.2, 0) is 17.9 Å². The third-order valence-corrected chi connectivity index (χ3v) is 2.98. The van der Waals surface area contributed by atoms with Crippen molar-refractivity contribution in [3.8, 4) is 11.5 Å². The molecule has 0 aromatic heterocycles. The Morgan fingerprint density at radius 2 is 1.76 bits per heavy atom. The van der Waals surface area contributed by atoms with Crippen molar-refractivity contribution in [3.63, 3.8) is 0 Å². The molecule has 21 heavy (non-hydrogen) atoms. The molecule has 0 aliphatic heterocycles. The predicted molar refractivity (Wildman–Crippen MR) is 82.2 cm³/mol. The summed E-state index contributed by atoms with van der Waals surface area (Å²) in [7, 11) is 0. The first-order chi connectivity index (χ1) is 10.3. The van der Waals surface area contributed by atoms with E-state index in [1.807, 2.05) is 55.5 Å². The monoisotopic (exact) mass is 287 g/mol. The van der Waals surface area contributed by atoms with E-state index in [2.05, 4.69) is 0 Å². The van der Waals surface area contributed by atoms with Gasteiger partial charge in [-0.1, -0.05) is 42.5 Å². The minimum atomic E-state index is 0.159. The molecule has 4 heteroatoms. The zero-order valence-corrected chi connectivity index (χ0v) is 12.2. The van der Waals surface area contributed by atoms with Gasteiger partial charge in [0.1, 0.15) is 0 Å². The number of para-hydroxylation sites is 1. The van der Waals surface area contributed by atoms with E-state index in [1.165, 1.54) is 0 Å². The van der Waals surface area contributed by atoms with E-state index >= 15 is 0 Å². The summed E-state index contributed by atoms with van der Waals surface area (Å²) in [6.45, 7) is 3.58. The molecule has 2 N–H and O–H groups in total. The van der Waals surface area contributed by atoms with Crippen LogP contribution >= 0.6 is 0 Å². The van der Waals surface area contributed by atoms with Crippen molar-refractivity contribution < 1.29 is 14.2 Å². The van der Waals surface area contributed by atoms with Gasteiger partial charge in [-0.25, -0.2) is 0 Å². The fourth-order valence-corrected chi connectivity index (χ4v) is 1.99. The van der Waals surface area contributed by atoms with E-state index in [4.69, 9.17) is 19.9 Å². The Morgan fingerprint density at radius 1 is 0.952 bits per heavy atom. The number of nitrogens with two attached hydrogens (primary N) is 1. The second-order valence-electron chi connectivity index (χ2n) is 4.48. The molecule has 0 bridgehead atoms. The van der Waals surface area contributed by atoms with Crippen molar-refractivity contribution in [2.24, 2.45) is 5.73 Å². The van der Waals surface area contributed by atoms with Crippen molar-refractivity contribution in [2.45, 2.75) is 20.1 Å². The summed E-state index contributed by atoms with van der Waals surface area (Å²) in [5.41, 5.74) is 7.75.